The Bertz CT molecular complexity index is 471. The summed E-state index contributed by atoms with van der Waals surface area (Å²) in [7, 11) is 3.17. The molecule has 1 rings (SSSR count). The number of ether oxygens (including phenoxy) is 1. The SMILES string of the molecule is CCc1ccc(NC(=O)CN(C)CC(C)C(=O)OC)cc1. The molecule has 0 aromatic heterocycles. The second-order valence-electron chi connectivity index (χ2n) is 5.22. The molecule has 0 aliphatic heterocycles. The van der Waals surface area contributed by atoms with Crippen LogP contribution in [0.15, 0.2) is 24.3 Å². The van der Waals surface area contributed by atoms with E-state index in [9.17, 15) is 9.59 Å². The van der Waals surface area contributed by atoms with Gasteiger partial charge in [0.1, 0.15) is 0 Å². The summed E-state index contributed by atoms with van der Waals surface area (Å²) in [5, 5.41) is 2.84. The van der Waals surface area contributed by atoms with Gasteiger partial charge < -0.3 is 10.1 Å². The number of nitrogens with one attached hydrogen (secondary N) is 1. The number of benzene rings is 1. The molecule has 116 valence electrons. The molecule has 0 heterocycles. The molecule has 0 aliphatic rings. The van der Waals surface area contributed by atoms with Gasteiger partial charge in [0.2, 0.25) is 5.91 Å². The highest BCUT2D eigenvalue weighted by Crippen LogP contribution is 2.10. The van der Waals surface area contributed by atoms with E-state index < -0.39 is 0 Å². The van der Waals surface area contributed by atoms with Gasteiger partial charge in [-0.15, -0.1) is 0 Å². The molecule has 0 spiro atoms. The molecule has 0 saturated heterocycles. The van der Waals surface area contributed by atoms with Crippen molar-refractivity contribution in [2.45, 2.75) is 20.3 Å². The zero-order chi connectivity index (χ0) is 15.8. The largest absolute Gasteiger partial charge is 0.469 e. The Labute approximate surface area is 126 Å². The van der Waals surface area contributed by atoms with E-state index in [2.05, 4.69) is 17.0 Å². The van der Waals surface area contributed by atoms with Gasteiger partial charge in [-0.3, -0.25) is 14.5 Å². The second-order valence-corrected chi connectivity index (χ2v) is 5.22. The van der Waals surface area contributed by atoms with Crippen molar-refractivity contribution in [3.8, 4) is 0 Å². The molecule has 1 atom stereocenters. The van der Waals surface area contributed by atoms with Crippen LogP contribution in [0, 0.1) is 5.92 Å². The average molecular weight is 292 g/mol. The van der Waals surface area contributed by atoms with Crippen LogP contribution in [0.25, 0.3) is 0 Å². The lowest BCUT2D eigenvalue weighted by atomic mass is 10.1. The van der Waals surface area contributed by atoms with E-state index in [-0.39, 0.29) is 24.3 Å². The Morgan fingerprint density at radius 1 is 1.29 bits per heavy atom. The lowest BCUT2D eigenvalue weighted by Gasteiger charge is -2.19. The Balaban J connectivity index is 2.43. The Morgan fingerprint density at radius 3 is 2.43 bits per heavy atom. The Hall–Kier alpha value is -1.88. The van der Waals surface area contributed by atoms with Gasteiger partial charge >= 0.3 is 5.97 Å². The fourth-order valence-electron chi connectivity index (χ4n) is 2.08. The van der Waals surface area contributed by atoms with Crippen LogP contribution in [0.4, 0.5) is 5.69 Å². The van der Waals surface area contributed by atoms with Crippen LogP contribution in [0.2, 0.25) is 0 Å². The molecule has 5 nitrogen and oxygen atoms in total. The van der Waals surface area contributed by atoms with Gasteiger partial charge in [0.05, 0.1) is 19.6 Å². The molecule has 0 saturated carbocycles. The number of esters is 1. The minimum Gasteiger partial charge on any atom is -0.469 e. The lowest BCUT2D eigenvalue weighted by Crippen LogP contribution is -2.35. The van der Waals surface area contributed by atoms with Crippen LogP contribution in [-0.2, 0) is 20.7 Å². The van der Waals surface area contributed by atoms with Gasteiger partial charge in [-0.1, -0.05) is 26.0 Å². The van der Waals surface area contributed by atoms with Crippen LogP contribution in [0.5, 0.6) is 0 Å². The van der Waals surface area contributed by atoms with E-state index in [4.69, 9.17) is 0 Å². The van der Waals surface area contributed by atoms with E-state index in [0.717, 1.165) is 12.1 Å². The van der Waals surface area contributed by atoms with Crippen molar-refractivity contribution in [3.05, 3.63) is 29.8 Å². The van der Waals surface area contributed by atoms with Crippen LogP contribution < -0.4 is 5.32 Å². The fraction of sp³-hybridized carbons (Fsp3) is 0.500. The number of hydrogen-bond acceptors (Lipinski definition) is 4. The highest BCUT2D eigenvalue weighted by atomic mass is 16.5. The normalized spacial score (nSPS) is 12.0. The Kier molecular flexibility index (Phi) is 6.88. The minimum atomic E-state index is -0.266. The van der Waals surface area contributed by atoms with Crippen LogP contribution in [0.3, 0.4) is 0 Å². The van der Waals surface area contributed by atoms with Gasteiger partial charge in [-0.25, -0.2) is 0 Å². The van der Waals surface area contributed by atoms with Crippen molar-refractivity contribution in [2.75, 3.05) is 32.6 Å². The third kappa shape index (κ3) is 5.95. The highest BCUT2D eigenvalue weighted by Gasteiger charge is 2.16. The van der Waals surface area contributed by atoms with Crippen LogP contribution in [-0.4, -0.2) is 44.0 Å². The topological polar surface area (TPSA) is 58.6 Å². The quantitative estimate of drug-likeness (QED) is 0.780. The van der Waals surface area contributed by atoms with Gasteiger partial charge in [-0.05, 0) is 31.2 Å². The molecule has 1 unspecified atom stereocenters. The van der Waals surface area contributed by atoms with Gasteiger partial charge in [-0.2, -0.15) is 0 Å². The molecular formula is C16H24N2O3. The molecule has 21 heavy (non-hydrogen) atoms. The van der Waals surface area contributed by atoms with Crippen molar-refractivity contribution in [1.82, 2.24) is 4.90 Å². The van der Waals surface area contributed by atoms with Crippen molar-refractivity contribution < 1.29 is 14.3 Å². The third-order valence-electron chi connectivity index (χ3n) is 3.25. The number of methoxy groups -OCH3 is 1. The van der Waals surface area contributed by atoms with Crippen LogP contribution >= 0.6 is 0 Å². The molecule has 0 bridgehead atoms. The van der Waals surface area contributed by atoms with Gasteiger partial charge in [0.15, 0.2) is 0 Å². The first-order valence-electron chi connectivity index (χ1n) is 7.11. The van der Waals surface area contributed by atoms with Crippen LogP contribution in [0.1, 0.15) is 19.4 Å². The number of amides is 1. The zero-order valence-corrected chi connectivity index (χ0v) is 13.2. The first-order valence-corrected chi connectivity index (χ1v) is 7.11. The predicted molar refractivity (Wildman–Crippen MR) is 83.1 cm³/mol. The summed E-state index contributed by atoms with van der Waals surface area (Å²) in [5.74, 6) is -0.618. The summed E-state index contributed by atoms with van der Waals surface area (Å²) in [5.41, 5.74) is 2.02. The number of hydrogen-bond donors (Lipinski definition) is 1. The number of anilines is 1. The number of carbonyl (C=O) groups excluding carboxylic acids is 2. The summed E-state index contributed by atoms with van der Waals surface area (Å²) >= 11 is 0. The number of aryl methyl sites for hydroxylation is 1. The Morgan fingerprint density at radius 2 is 1.90 bits per heavy atom. The lowest BCUT2D eigenvalue weighted by molar-refractivity contribution is -0.145. The second kappa shape index (κ2) is 8.42. The van der Waals surface area contributed by atoms with Crippen molar-refractivity contribution in [1.29, 1.82) is 0 Å². The van der Waals surface area contributed by atoms with Crippen molar-refractivity contribution in [2.24, 2.45) is 5.92 Å². The van der Waals surface area contributed by atoms with E-state index in [1.165, 1.54) is 12.7 Å². The van der Waals surface area contributed by atoms with Crippen molar-refractivity contribution in [3.63, 3.8) is 0 Å². The number of likely N-dealkylation sites (N-methyl/N-ethyl adjacent to an activating group) is 1. The summed E-state index contributed by atoms with van der Waals surface area (Å²) in [6.07, 6.45) is 0.975. The van der Waals surface area contributed by atoms with E-state index in [0.29, 0.717) is 6.54 Å². The summed E-state index contributed by atoms with van der Waals surface area (Å²) in [6, 6.07) is 7.79. The number of nitrogens with zero attached hydrogens (tertiary/aromatic N) is 1. The maximum Gasteiger partial charge on any atom is 0.309 e. The molecule has 5 heteroatoms. The standard InChI is InChI=1S/C16H24N2O3/c1-5-13-6-8-14(9-7-13)17-15(19)11-18(3)10-12(2)16(20)21-4/h6-9,12H,5,10-11H2,1-4H3,(H,17,19). The molecule has 1 aromatic rings. The maximum atomic E-state index is 11.9. The van der Waals surface area contributed by atoms with Crippen molar-refractivity contribution >= 4 is 17.6 Å². The smallest absolute Gasteiger partial charge is 0.309 e. The summed E-state index contributed by atoms with van der Waals surface area (Å²) in [4.78, 5) is 25.1. The van der Waals surface area contributed by atoms with E-state index in [1.807, 2.05) is 24.3 Å². The molecule has 0 radical (unpaired) electrons. The predicted octanol–water partition coefficient (Wildman–Crippen LogP) is 1.93. The van der Waals surface area contributed by atoms with Gasteiger partial charge in [0.25, 0.3) is 0 Å². The average Bonchev–Trinajstić information content (AvgIpc) is 2.46. The zero-order valence-electron chi connectivity index (χ0n) is 13.2. The first kappa shape index (κ1) is 17.2. The van der Waals surface area contributed by atoms with E-state index >= 15 is 0 Å². The molecule has 0 fully saturated rings. The minimum absolute atomic E-state index is 0.0983. The molecule has 1 N–H and O–H groups in total. The van der Waals surface area contributed by atoms with Gasteiger partial charge in [0, 0.05) is 12.2 Å². The fourth-order valence-corrected chi connectivity index (χ4v) is 2.08. The highest BCUT2D eigenvalue weighted by molar-refractivity contribution is 5.92. The summed E-state index contributed by atoms with van der Waals surface area (Å²) < 4.78 is 4.67. The molecule has 1 aromatic carbocycles. The van der Waals surface area contributed by atoms with E-state index in [1.54, 1.807) is 18.9 Å². The monoisotopic (exact) mass is 292 g/mol. The molecule has 0 aliphatic carbocycles. The summed E-state index contributed by atoms with van der Waals surface area (Å²) in [6.45, 7) is 4.58. The molecule has 1 amide bonds. The molecular weight excluding hydrogens is 268 g/mol. The first-order chi connectivity index (χ1) is 9.96. The third-order valence-corrected chi connectivity index (χ3v) is 3.25. The number of rotatable bonds is 7. The maximum absolute atomic E-state index is 11.9. The number of carbonyl (C=O) groups is 2.